The zero-order valence-corrected chi connectivity index (χ0v) is 25.0. The molecule has 0 saturated carbocycles. The van der Waals surface area contributed by atoms with E-state index in [-0.39, 0.29) is 24.4 Å². The Kier molecular flexibility index (Phi) is 9.36. The number of rotatable bonds is 9. The predicted octanol–water partition coefficient (Wildman–Crippen LogP) is 8.40. The van der Waals surface area contributed by atoms with Crippen LogP contribution in [-0.2, 0) is 12.3 Å². The molecule has 0 radical (unpaired) electrons. The highest BCUT2D eigenvalue weighted by atomic mass is 35.5. The number of halogens is 1. The fourth-order valence-corrected chi connectivity index (χ4v) is 5.71. The maximum Gasteiger partial charge on any atom is 0.319 e. The van der Waals surface area contributed by atoms with Gasteiger partial charge in [0.05, 0.1) is 12.2 Å². The summed E-state index contributed by atoms with van der Waals surface area (Å²) < 4.78 is 1.99. The number of benzene rings is 3. The molecule has 0 spiro atoms. The van der Waals surface area contributed by atoms with Crippen molar-refractivity contribution in [1.29, 1.82) is 0 Å². The normalized spacial score (nSPS) is 11.3. The van der Waals surface area contributed by atoms with Crippen molar-refractivity contribution in [1.82, 2.24) is 20.1 Å². The van der Waals surface area contributed by atoms with Crippen molar-refractivity contribution >= 4 is 35.1 Å². The third kappa shape index (κ3) is 6.84. The van der Waals surface area contributed by atoms with Crippen molar-refractivity contribution in [3.63, 3.8) is 0 Å². The van der Waals surface area contributed by atoms with Gasteiger partial charge in [0, 0.05) is 16.5 Å². The van der Waals surface area contributed by atoms with E-state index in [0.29, 0.717) is 10.8 Å². The van der Waals surface area contributed by atoms with E-state index >= 15 is 0 Å². The highest BCUT2D eigenvalue weighted by Crippen LogP contribution is 2.33. The molecule has 0 fully saturated rings. The Morgan fingerprint density at radius 2 is 1.62 bits per heavy atom. The third-order valence-corrected chi connectivity index (χ3v) is 7.96. The number of amides is 2. The van der Waals surface area contributed by atoms with Crippen LogP contribution in [0.1, 0.15) is 73.2 Å². The summed E-state index contributed by atoms with van der Waals surface area (Å²) in [7, 11) is 0. The highest BCUT2D eigenvalue weighted by Gasteiger charge is 2.19. The number of carbonyl (C=O) groups excluding carboxylic acids is 1. The van der Waals surface area contributed by atoms with E-state index in [9.17, 15) is 4.79 Å². The standard InChI is InChI=1S/C31H36ClN5OS/c1-19(2)25-12-9-13-26(20(3)4)29(25)34-30(38)33-17-28-35-36-31(39-18-23-11-8-7-10-21(23)5)37(28)27-16-24(32)15-14-22(27)6/h7-16,19-20H,17-18H2,1-6H3,(H2,33,34,38). The van der Waals surface area contributed by atoms with Gasteiger partial charge < -0.3 is 10.6 Å². The molecule has 1 heterocycles. The van der Waals surface area contributed by atoms with Crippen LogP contribution in [0.3, 0.4) is 0 Å². The van der Waals surface area contributed by atoms with E-state index in [1.54, 1.807) is 11.8 Å². The third-order valence-electron chi connectivity index (χ3n) is 6.75. The molecule has 0 aliphatic heterocycles. The molecular weight excluding hydrogens is 526 g/mol. The molecule has 2 amide bonds. The molecule has 0 atom stereocenters. The first-order chi connectivity index (χ1) is 18.7. The zero-order chi connectivity index (χ0) is 28.1. The van der Waals surface area contributed by atoms with Crippen molar-refractivity contribution in [2.75, 3.05) is 5.32 Å². The van der Waals surface area contributed by atoms with E-state index in [0.717, 1.165) is 39.0 Å². The minimum atomic E-state index is -0.281. The fraction of sp³-hybridized carbons (Fsp3) is 0.323. The van der Waals surface area contributed by atoms with Crippen molar-refractivity contribution in [3.8, 4) is 5.69 Å². The summed E-state index contributed by atoms with van der Waals surface area (Å²) in [4.78, 5) is 13.2. The van der Waals surface area contributed by atoms with Gasteiger partial charge in [-0.15, -0.1) is 10.2 Å². The minimum absolute atomic E-state index is 0.205. The number of nitrogens with one attached hydrogen (secondary N) is 2. The van der Waals surface area contributed by atoms with Crippen LogP contribution in [0.15, 0.2) is 65.8 Å². The molecule has 8 heteroatoms. The first-order valence-corrected chi connectivity index (χ1v) is 14.6. The quantitative estimate of drug-likeness (QED) is 0.201. The molecule has 4 rings (SSSR count). The number of thioether (sulfide) groups is 1. The van der Waals surface area contributed by atoms with Gasteiger partial charge >= 0.3 is 6.03 Å². The number of aromatic nitrogens is 3. The molecule has 2 N–H and O–H groups in total. The van der Waals surface area contributed by atoms with E-state index in [1.165, 1.54) is 11.1 Å². The summed E-state index contributed by atoms with van der Waals surface area (Å²) in [5.41, 5.74) is 7.51. The second-order valence-electron chi connectivity index (χ2n) is 10.3. The molecular formula is C31H36ClN5OS. The van der Waals surface area contributed by atoms with Crippen LogP contribution in [0, 0.1) is 13.8 Å². The lowest BCUT2D eigenvalue weighted by Crippen LogP contribution is -2.30. The summed E-state index contributed by atoms with van der Waals surface area (Å²) in [6, 6.07) is 20.0. The molecule has 3 aromatic carbocycles. The Hall–Kier alpha value is -3.29. The van der Waals surface area contributed by atoms with E-state index < -0.39 is 0 Å². The lowest BCUT2D eigenvalue weighted by Gasteiger charge is -2.20. The number of anilines is 1. The Bertz CT molecular complexity index is 1440. The number of hydrogen-bond donors (Lipinski definition) is 2. The monoisotopic (exact) mass is 561 g/mol. The molecule has 0 unspecified atom stereocenters. The van der Waals surface area contributed by atoms with Crippen LogP contribution in [0.4, 0.5) is 10.5 Å². The molecule has 0 saturated heterocycles. The number of nitrogens with zero attached hydrogens (tertiary/aromatic N) is 3. The first kappa shape index (κ1) is 28.7. The summed E-state index contributed by atoms with van der Waals surface area (Å²) in [5.74, 6) is 1.94. The summed E-state index contributed by atoms with van der Waals surface area (Å²) in [5, 5.41) is 16.5. The van der Waals surface area contributed by atoms with Crippen LogP contribution in [-0.4, -0.2) is 20.8 Å². The van der Waals surface area contributed by atoms with Gasteiger partial charge in [-0.05, 0) is 65.6 Å². The van der Waals surface area contributed by atoms with E-state index in [2.05, 4.69) is 85.8 Å². The smallest absolute Gasteiger partial charge is 0.319 e. The Labute approximate surface area is 240 Å². The maximum absolute atomic E-state index is 13.2. The van der Waals surface area contributed by atoms with E-state index in [1.807, 2.05) is 41.8 Å². The highest BCUT2D eigenvalue weighted by molar-refractivity contribution is 7.98. The largest absolute Gasteiger partial charge is 0.331 e. The average Bonchev–Trinajstić information content (AvgIpc) is 3.30. The number of carbonyl (C=O) groups is 1. The van der Waals surface area contributed by atoms with Crippen LogP contribution in [0.25, 0.3) is 5.69 Å². The van der Waals surface area contributed by atoms with E-state index in [4.69, 9.17) is 11.6 Å². The van der Waals surface area contributed by atoms with Crippen LogP contribution in [0.5, 0.6) is 0 Å². The Morgan fingerprint density at radius 1 is 0.923 bits per heavy atom. The number of aryl methyl sites for hydroxylation is 2. The molecule has 204 valence electrons. The Balaban J connectivity index is 1.60. The Morgan fingerprint density at radius 3 is 2.28 bits per heavy atom. The van der Waals surface area contributed by atoms with Crippen LogP contribution >= 0.6 is 23.4 Å². The van der Waals surface area contributed by atoms with Gasteiger partial charge in [-0.1, -0.05) is 99.6 Å². The molecule has 4 aromatic rings. The lowest BCUT2D eigenvalue weighted by atomic mass is 9.93. The van der Waals surface area contributed by atoms with Gasteiger partial charge in [0.1, 0.15) is 0 Å². The second-order valence-corrected chi connectivity index (χ2v) is 11.7. The lowest BCUT2D eigenvalue weighted by molar-refractivity contribution is 0.251. The van der Waals surface area contributed by atoms with Crippen molar-refractivity contribution in [3.05, 3.63) is 99.3 Å². The molecule has 39 heavy (non-hydrogen) atoms. The van der Waals surface area contributed by atoms with Crippen molar-refractivity contribution in [2.45, 2.75) is 70.8 Å². The van der Waals surface area contributed by atoms with Gasteiger partial charge in [0.25, 0.3) is 0 Å². The summed E-state index contributed by atoms with van der Waals surface area (Å²) in [6.45, 7) is 12.9. The number of para-hydroxylation sites is 1. The second kappa shape index (κ2) is 12.7. The molecule has 0 aliphatic carbocycles. The average molecular weight is 562 g/mol. The van der Waals surface area contributed by atoms with Gasteiger partial charge in [-0.3, -0.25) is 4.57 Å². The summed E-state index contributed by atoms with van der Waals surface area (Å²) >= 11 is 8.00. The maximum atomic E-state index is 13.2. The first-order valence-electron chi connectivity index (χ1n) is 13.2. The van der Waals surface area contributed by atoms with Crippen LogP contribution in [0.2, 0.25) is 5.02 Å². The SMILES string of the molecule is Cc1ccccc1CSc1nnc(CNC(=O)Nc2c(C(C)C)cccc2C(C)C)n1-c1cc(Cl)ccc1C. The summed E-state index contributed by atoms with van der Waals surface area (Å²) in [6.07, 6.45) is 0. The van der Waals surface area contributed by atoms with Gasteiger partial charge in [0.15, 0.2) is 11.0 Å². The van der Waals surface area contributed by atoms with Gasteiger partial charge in [0.2, 0.25) is 0 Å². The number of urea groups is 1. The topological polar surface area (TPSA) is 71.8 Å². The zero-order valence-electron chi connectivity index (χ0n) is 23.4. The molecule has 6 nitrogen and oxygen atoms in total. The van der Waals surface area contributed by atoms with Crippen LogP contribution < -0.4 is 10.6 Å². The number of hydrogen-bond acceptors (Lipinski definition) is 4. The fourth-order valence-electron chi connectivity index (χ4n) is 4.50. The van der Waals surface area contributed by atoms with Crippen molar-refractivity contribution < 1.29 is 4.79 Å². The molecule has 1 aromatic heterocycles. The molecule has 0 aliphatic rings. The molecule has 0 bridgehead atoms. The minimum Gasteiger partial charge on any atom is -0.331 e. The van der Waals surface area contributed by atoms with Gasteiger partial charge in [-0.25, -0.2) is 4.79 Å². The predicted molar refractivity (Wildman–Crippen MR) is 162 cm³/mol. The van der Waals surface area contributed by atoms with Gasteiger partial charge in [-0.2, -0.15) is 0 Å². The van der Waals surface area contributed by atoms with Crippen molar-refractivity contribution in [2.24, 2.45) is 0 Å².